The molecule has 18 heavy (non-hydrogen) atoms. The number of aromatic nitrogens is 1. The number of thiazole rings is 1. The van der Waals surface area contributed by atoms with E-state index in [1.54, 1.807) is 6.21 Å². The molecule has 0 unspecified atom stereocenters. The zero-order valence-corrected chi connectivity index (χ0v) is 11.4. The third-order valence-corrected chi connectivity index (χ3v) is 3.57. The van der Waals surface area contributed by atoms with Crippen molar-refractivity contribution in [1.29, 1.82) is 0 Å². The number of rotatable bonds is 4. The van der Waals surface area contributed by atoms with Crippen molar-refractivity contribution in [3.05, 3.63) is 45.4 Å². The Morgan fingerprint density at radius 1 is 1.44 bits per heavy atom. The van der Waals surface area contributed by atoms with Crippen molar-refractivity contribution >= 4 is 44.6 Å². The van der Waals surface area contributed by atoms with E-state index in [4.69, 9.17) is 5.11 Å². The maximum absolute atomic E-state index is 10.8. The van der Waals surface area contributed by atoms with Gasteiger partial charge in [-0.25, -0.2) is 9.78 Å². The lowest BCUT2D eigenvalue weighted by Gasteiger charge is -1.93. The number of halogens is 1. The van der Waals surface area contributed by atoms with Gasteiger partial charge in [0.25, 0.3) is 0 Å². The molecule has 2 rings (SSSR count). The first-order valence-corrected chi connectivity index (χ1v) is 6.51. The Kier molecular flexibility index (Phi) is 4.06. The standard InChI is InChI=1S/C11H8BrN3O2S/c12-9-8(10(16)17)14-11(18-9)15-13-6-7-4-2-1-3-5-7/h1-6H,(H,14,15)(H,16,17). The molecule has 0 atom stereocenters. The molecule has 0 aliphatic rings. The molecule has 7 heteroatoms. The van der Waals surface area contributed by atoms with E-state index in [2.05, 4.69) is 31.4 Å². The molecule has 1 heterocycles. The molecule has 0 fully saturated rings. The maximum Gasteiger partial charge on any atom is 0.356 e. The van der Waals surface area contributed by atoms with Crippen LogP contribution in [-0.4, -0.2) is 22.3 Å². The van der Waals surface area contributed by atoms with Crippen molar-refractivity contribution in [3.63, 3.8) is 0 Å². The van der Waals surface area contributed by atoms with Crippen LogP contribution in [0.5, 0.6) is 0 Å². The van der Waals surface area contributed by atoms with Crippen molar-refractivity contribution in [2.24, 2.45) is 5.10 Å². The van der Waals surface area contributed by atoms with E-state index in [-0.39, 0.29) is 5.69 Å². The van der Waals surface area contributed by atoms with E-state index in [0.717, 1.165) is 5.56 Å². The number of carbonyl (C=O) groups is 1. The fourth-order valence-corrected chi connectivity index (χ4v) is 2.54. The van der Waals surface area contributed by atoms with Crippen LogP contribution in [0.4, 0.5) is 5.13 Å². The number of hydrazone groups is 1. The number of nitrogens with zero attached hydrogens (tertiary/aromatic N) is 2. The summed E-state index contributed by atoms with van der Waals surface area (Å²) in [7, 11) is 0. The second kappa shape index (κ2) is 5.74. The summed E-state index contributed by atoms with van der Waals surface area (Å²) in [4.78, 5) is 14.7. The van der Waals surface area contributed by atoms with Gasteiger partial charge in [-0.2, -0.15) is 5.10 Å². The van der Waals surface area contributed by atoms with Crippen molar-refractivity contribution in [2.75, 3.05) is 5.43 Å². The Bertz CT molecular complexity index is 583. The van der Waals surface area contributed by atoms with Crippen LogP contribution < -0.4 is 5.43 Å². The molecule has 92 valence electrons. The fraction of sp³-hybridized carbons (Fsp3) is 0. The monoisotopic (exact) mass is 325 g/mol. The predicted octanol–water partition coefficient (Wildman–Crippen LogP) is 3.05. The molecule has 0 aliphatic heterocycles. The van der Waals surface area contributed by atoms with E-state index in [0.29, 0.717) is 8.92 Å². The van der Waals surface area contributed by atoms with E-state index in [9.17, 15) is 4.79 Å². The van der Waals surface area contributed by atoms with Gasteiger partial charge in [0.05, 0.1) is 6.21 Å². The minimum atomic E-state index is -1.07. The quantitative estimate of drug-likeness (QED) is 0.669. The molecule has 0 spiro atoms. The van der Waals surface area contributed by atoms with Crippen molar-refractivity contribution in [2.45, 2.75) is 0 Å². The molecule has 1 aromatic carbocycles. The van der Waals surface area contributed by atoms with Crippen molar-refractivity contribution < 1.29 is 9.90 Å². The summed E-state index contributed by atoms with van der Waals surface area (Å²) >= 11 is 4.32. The molecule has 2 N–H and O–H groups in total. The molecule has 0 amide bonds. The van der Waals surface area contributed by atoms with Crippen LogP contribution in [0.2, 0.25) is 0 Å². The highest BCUT2D eigenvalue weighted by atomic mass is 79.9. The molecule has 0 saturated heterocycles. The first-order valence-electron chi connectivity index (χ1n) is 4.90. The lowest BCUT2D eigenvalue weighted by Crippen LogP contribution is -1.98. The number of anilines is 1. The Hall–Kier alpha value is -1.73. The Labute approximate surface area is 115 Å². The van der Waals surface area contributed by atoms with Gasteiger partial charge >= 0.3 is 5.97 Å². The maximum atomic E-state index is 10.8. The van der Waals surface area contributed by atoms with Gasteiger partial charge in [0.1, 0.15) is 3.79 Å². The average molecular weight is 326 g/mol. The summed E-state index contributed by atoms with van der Waals surface area (Å²) in [6, 6.07) is 9.55. The summed E-state index contributed by atoms with van der Waals surface area (Å²) < 4.78 is 0.465. The summed E-state index contributed by atoms with van der Waals surface area (Å²) in [6.45, 7) is 0. The van der Waals surface area contributed by atoms with Gasteiger partial charge in [-0.1, -0.05) is 41.7 Å². The predicted molar refractivity (Wildman–Crippen MR) is 74.4 cm³/mol. The van der Waals surface area contributed by atoms with E-state index >= 15 is 0 Å². The minimum absolute atomic E-state index is 0.0163. The van der Waals surface area contributed by atoms with E-state index in [1.165, 1.54) is 11.3 Å². The first kappa shape index (κ1) is 12.7. The summed E-state index contributed by atoms with van der Waals surface area (Å²) in [5.41, 5.74) is 3.62. The van der Waals surface area contributed by atoms with Crippen molar-refractivity contribution in [3.8, 4) is 0 Å². The van der Waals surface area contributed by atoms with E-state index < -0.39 is 5.97 Å². The largest absolute Gasteiger partial charge is 0.476 e. The highest BCUT2D eigenvalue weighted by Crippen LogP contribution is 2.28. The minimum Gasteiger partial charge on any atom is -0.476 e. The lowest BCUT2D eigenvalue weighted by molar-refractivity contribution is 0.0690. The Morgan fingerprint density at radius 2 is 2.17 bits per heavy atom. The summed E-state index contributed by atoms with van der Waals surface area (Å²) in [5.74, 6) is -1.07. The van der Waals surface area contributed by atoms with Gasteiger partial charge in [0.2, 0.25) is 5.13 Å². The smallest absolute Gasteiger partial charge is 0.356 e. The molecule has 1 aromatic heterocycles. The van der Waals surface area contributed by atoms with Crippen LogP contribution in [0.15, 0.2) is 39.2 Å². The fourth-order valence-electron chi connectivity index (χ4n) is 1.18. The molecule has 2 aromatic rings. The number of hydrogen-bond acceptors (Lipinski definition) is 5. The summed E-state index contributed by atoms with van der Waals surface area (Å²) in [6.07, 6.45) is 1.63. The van der Waals surface area contributed by atoms with Crippen LogP contribution in [0.25, 0.3) is 0 Å². The summed E-state index contributed by atoms with van der Waals surface area (Å²) in [5, 5.41) is 13.2. The van der Waals surface area contributed by atoms with Gasteiger partial charge in [0, 0.05) is 0 Å². The van der Waals surface area contributed by atoms with Crippen LogP contribution in [0.3, 0.4) is 0 Å². The number of aromatic carboxylic acids is 1. The number of nitrogens with one attached hydrogen (secondary N) is 1. The molecule has 0 bridgehead atoms. The van der Waals surface area contributed by atoms with Gasteiger partial charge in [-0.05, 0) is 21.5 Å². The van der Waals surface area contributed by atoms with Gasteiger partial charge in [-0.15, -0.1) is 0 Å². The van der Waals surface area contributed by atoms with Crippen molar-refractivity contribution in [1.82, 2.24) is 4.98 Å². The molecular weight excluding hydrogens is 318 g/mol. The zero-order chi connectivity index (χ0) is 13.0. The van der Waals surface area contributed by atoms with Crippen LogP contribution in [0, 0.1) is 0 Å². The third-order valence-electron chi connectivity index (χ3n) is 1.96. The number of carboxylic acids is 1. The molecule has 5 nitrogen and oxygen atoms in total. The topological polar surface area (TPSA) is 74.6 Å². The zero-order valence-electron chi connectivity index (χ0n) is 9.00. The van der Waals surface area contributed by atoms with Gasteiger partial charge in [-0.3, -0.25) is 5.43 Å². The highest BCUT2D eigenvalue weighted by molar-refractivity contribution is 9.11. The second-order valence-electron chi connectivity index (χ2n) is 3.23. The molecule has 0 aliphatic carbocycles. The van der Waals surface area contributed by atoms with Crippen LogP contribution >= 0.6 is 27.3 Å². The number of hydrogen-bond donors (Lipinski definition) is 2. The third kappa shape index (κ3) is 3.14. The normalized spacial score (nSPS) is 10.7. The highest BCUT2D eigenvalue weighted by Gasteiger charge is 2.14. The molecule has 0 saturated carbocycles. The van der Waals surface area contributed by atoms with Gasteiger partial charge < -0.3 is 5.11 Å². The average Bonchev–Trinajstić information content (AvgIpc) is 2.72. The van der Waals surface area contributed by atoms with E-state index in [1.807, 2.05) is 30.3 Å². The molecular formula is C11H8BrN3O2S. The van der Waals surface area contributed by atoms with Crippen LogP contribution in [-0.2, 0) is 0 Å². The van der Waals surface area contributed by atoms with Gasteiger partial charge in [0.15, 0.2) is 5.69 Å². The Balaban J connectivity index is 2.05. The number of carboxylic acid groups (broad SMARTS) is 1. The Morgan fingerprint density at radius 3 is 2.78 bits per heavy atom. The molecule has 0 radical (unpaired) electrons. The van der Waals surface area contributed by atoms with Crippen LogP contribution in [0.1, 0.15) is 16.1 Å². The SMILES string of the molecule is O=C(O)c1nc(NN=Cc2ccccc2)sc1Br. The number of benzene rings is 1. The second-order valence-corrected chi connectivity index (χ2v) is 5.54. The first-order chi connectivity index (χ1) is 8.66. The lowest BCUT2D eigenvalue weighted by atomic mass is 10.2.